The van der Waals surface area contributed by atoms with E-state index in [9.17, 15) is 0 Å². The van der Waals surface area contributed by atoms with Gasteiger partial charge in [0.15, 0.2) is 0 Å². The number of furan rings is 2. The lowest BCUT2D eigenvalue weighted by Gasteiger charge is -2.19. The van der Waals surface area contributed by atoms with Gasteiger partial charge >= 0.3 is 0 Å². The average molecular weight is 1120 g/mol. The van der Waals surface area contributed by atoms with Crippen molar-refractivity contribution in [2.45, 2.75) is 186 Å². The predicted octanol–water partition coefficient (Wildman–Crippen LogP) is 24.9. The molecule has 0 aliphatic rings. The molecule has 440 valence electrons. The van der Waals surface area contributed by atoms with Crippen LogP contribution in [0.5, 0.6) is 0 Å². The van der Waals surface area contributed by atoms with E-state index in [1.807, 2.05) is 129 Å². The number of para-hydroxylation sites is 2. The third kappa shape index (κ3) is 19.4. The van der Waals surface area contributed by atoms with Gasteiger partial charge in [-0.2, -0.15) is 5.26 Å². The molecule has 0 amide bonds. The number of benzene rings is 7. The lowest BCUT2D eigenvalue weighted by atomic mass is 9.82. The Morgan fingerprint density at radius 3 is 1.61 bits per heavy atom. The van der Waals surface area contributed by atoms with E-state index >= 15 is 0 Å². The highest BCUT2D eigenvalue weighted by molar-refractivity contribution is 7.17. The Hall–Kier alpha value is -6.91. The zero-order chi connectivity index (χ0) is 61.2. The molecule has 0 bridgehead atoms. The minimum atomic E-state index is -0.318. The van der Waals surface area contributed by atoms with Gasteiger partial charge in [0.05, 0.1) is 17.7 Å². The van der Waals surface area contributed by atoms with Crippen molar-refractivity contribution in [1.29, 1.82) is 5.26 Å². The summed E-state index contributed by atoms with van der Waals surface area (Å²) < 4.78 is 12.6. The summed E-state index contributed by atoms with van der Waals surface area (Å²) >= 11 is 1.82. The molecule has 2 N–H and O–H groups in total. The van der Waals surface area contributed by atoms with Crippen LogP contribution in [0.1, 0.15) is 208 Å². The van der Waals surface area contributed by atoms with Gasteiger partial charge in [0.1, 0.15) is 16.7 Å². The van der Waals surface area contributed by atoms with E-state index in [4.69, 9.17) is 19.2 Å². The van der Waals surface area contributed by atoms with E-state index < -0.39 is 0 Å². The fourth-order valence-electron chi connectivity index (χ4n) is 9.04. The predicted molar refractivity (Wildman–Crippen MR) is 366 cm³/mol. The van der Waals surface area contributed by atoms with Gasteiger partial charge in [-0.05, 0) is 150 Å². The van der Waals surface area contributed by atoms with Crippen LogP contribution in [0.4, 0.5) is 0 Å². The van der Waals surface area contributed by atoms with Gasteiger partial charge in [-0.1, -0.05) is 233 Å². The number of rotatable bonds is 10. The van der Waals surface area contributed by atoms with E-state index in [0.717, 1.165) is 42.3 Å². The van der Waals surface area contributed by atoms with Gasteiger partial charge in [0.25, 0.3) is 0 Å². The number of nitrogens with zero attached hydrogens (tertiary/aromatic N) is 1. The first-order valence-corrected chi connectivity index (χ1v) is 31.6. The van der Waals surface area contributed by atoms with Crippen molar-refractivity contribution in [2.75, 3.05) is 7.11 Å². The molecular weight excluding hydrogens is 1020 g/mol. The first-order chi connectivity index (χ1) is 39.9. The van der Waals surface area contributed by atoms with Gasteiger partial charge in [-0.15, -0.1) is 11.3 Å². The summed E-state index contributed by atoms with van der Waals surface area (Å²) in [5.74, 6) is 2.50. The van der Waals surface area contributed by atoms with Crippen molar-refractivity contribution in [3.05, 3.63) is 203 Å². The Kier molecular flexibility index (Phi) is 33.6. The van der Waals surface area contributed by atoms with E-state index in [1.54, 1.807) is 6.26 Å². The van der Waals surface area contributed by atoms with Gasteiger partial charge in [-0.25, -0.2) is 0 Å². The first-order valence-electron chi connectivity index (χ1n) is 30.7. The number of nitrogens with one attached hydrogen (secondary N) is 1. The number of thiophene rings is 1. The molecule has 0 fully saturated rings. The molecule has 6 heteroatoms. The van der Waals surface area contributed by atoms with Crippen LogP contribution in [0.25, 0.3) is 64.8 Å². The summed E-state index contributed by atoms with van der Waals surface area (Å²) in [5, 5.41) is 25.9. The monoisotopic (exact) mass is 1120 g/mol. The molecule has 0 radical (unpaired) electrons. The second kappa shape index (κ2) is 38.7. The highest BCUT2D eigenvalue weighted by atomic mass is 32.1. The Balaban J connectivity index is 0.000000339. The number of aliphatic hydroxyl groups excluding tert-OH is 1. The highest BCUT2D eigenvalue weighted by Gasteiger charge is 2.23. The molecular formula is C76H102N2O3S. The molecule has 5 unspecified atom stereocenters. The van der Waals surface area contributed by atoms with Crippen molar-refractivity contribution in [1.82, 2.24) is 4.98 Å². The van der Waals surface area contributed by atoms with Crippen LogP contribution in [0, 0.1) is 11.3 Å². The zero-order valence-corrected chi connectivity index (χ0v) is 54.5. The van der Waals surface area contributed by atoms with Crippen LogP contribution < -0.4 is 0 Å². The number of fused-ring (bicyclic) bond motifs is 8. The largest absolute Gasteiger partial charge is 0.464 e. The SMILES string of the molecule is CC.CC.CC.CC.CCC(C)(C#N)c1ccccc1.CCC(C)c1ccc2c(c1)oc1ccccc12.CCC(C)c1ccc2ccoc2c1.CCC(C)c1ccc2sccc2c1.CCC(C)c1cccc2[nH]c3ccccc3c12.CO. The topological polar surface area (TPSA) is 86.1 Å². The van der Waals surface area contributed by atoms with Crippen molar-refractivity contribution < 1.29 is 13.9 Å². The molecule has 4 heterocycles. The number of hydrogen-bond acceptors (Lipinski definition) is 5. The minimum Gasteiger partial charge on any atom is -0.464 e. The molecule has 11 rings (SSSR count). The minimum absolute atomic E-state index is 0.318. The molecule has 5 nitrogen and oxygen atoms in total. The standard InChI is InChI=1S/C16H17N.C16H16O.C12H14O.C12H14S.C11H13N.4C2H6.CH4O/c1-3-11(2)12-8-6-10-15-16(12)13-7-4-5-9-14(13)17-15;1-3-11(2)12-8-9-14-13-6-4-5-7-15(13)17-16(14)10-12;1-3-9(2)11-5-4-10-6-7-13-12(10)8-11;1-3-9(2)10-4-5-12-11(8-10)6-7-13-12;1-3-11(2,9-12)10-7-5-4-6-8-10;5*1-2/h4-11,17H,3H2,1-2H3;4-11H,3H2,1-2H3;2*4-9H,3H2,1-2H3;4-8H,3H2,1-2H3;4*1-2H3;2H,1H3. The third-order valence-electron chi connectivity index (χ3n) is 15.0. The van der Waals surface area contributed by atoms with Crippen molar-refractivity contribution >= 4 is 76.1 Å². The lowest BCUT2D eigenvalue weighted by Crippen LogP contribution is -2.17. The maximum atomic E-state index is 8.99. The second-order valence-electron chi connectivity index (χ2n) is 19.6. The molecule has 5 atom stereocenters. The summed E-state index contributed by atoms with van der Waals surface area (Å²) in [6, 6.07) is 59.7. The summed E-state index contributed by atoms with van der Waals surface area (Å²) in [5.41, 5.74) is 11.9. The Morgan fingerprint density at radius 2 is 1.01 bits per heavy atom. The number of aliphatic hydroxyl groups is 1. The third-order valence-corrected chi connectivity index (χ3v) is 15.9. The molecule has 0 saturated carbocycles. The zero-order valence-electron chi connectivity index (χ0n) is 53.7. The molecule has 0 aliphatic carbocycles. The molecule has 11 aromatic rings. The van der Waals surface area contributed by atoms with E-state index in [-0.39, 0.29) is 5.41 Å². The molecule has 82 heavy (non-hydrogen) atoms. The maximum absolute atomic E-state index is 8.99. The van der Waals surface area contributed by atoms with Gasteiger partial charge < -0.3 is 18.9 Å². The highest BCUT2D eigenvalue weighted by Crippen LogP contribution is 2.35. The summed E-state index contributed by atoms with van der Waals surface area (Å²) in [7, 11) is 1.00. The van der Waals surface area contributed by atoms with Crippen LogP contribution in [0.2, 0.25) is 0 Å². The number of aromatic amines is 1. The van der Waals surface area contributed by atoms with Gasteiger partial charge in [0.2, 0.25) is 0 Å². The molecule has 0 aliphatic heterocycles. The molecule has 0 saturated heterocycles. The van der Waals surface area contributed by atoms with E-state index in [0.29, 0.717) is 23.7 Å². The molecule has 0 spiro atoms. The number of aromatic nitrogens is 1. The Labute approximate surface area is 499 Å². The molecule has 4 aromatic heterocycles. The Morgan fingerprint density at radius 1 is 0.500 bits per heavy atom. The lowest BCUT2D eigenvalue weighted by molar-refractivity contribution is 0.399. The quantitative estimate of drug-likeness (QED) is 0.143. The number of nitriles is 1. The van der Waals surface area contributed by atoms with Gasteiger partial charge in [-0.3, -0.25) is 0 Å². The van der Waals surface area contributed by atoms with Crippen molar-refractivity contribution in [3.63, 3.8) is 0 Å². The first kappa shape index (κ1) is 71.2. The summed E-state index contributed by atoms with van der Waals surface area (Å²) in [4.78, 5) is 3.50. The maximum Gasteiger partial charge on any atom is 0.135 e. The van der Waals surface area contributed by atoms with Crippen molar-refractivity contribution in [3.8, 4) is 6.07 Å². The van der Waals surface area contributed by atoms with Crippen LogP contribution in [-0.4, -0.2) is 17.2 Å². The fourth-order valence-corrected chi connectivity index (χ4v) is 9.81. The summed E-state index contributed by atoms with van der Waals surface area (Å²) in [6.07, 6.45) is 7.32. The Bertz CT molecular complexity index is 3400. The van der Waals surface area contributed by atoms with E-state index in [1.165, 1.54) is 89.6 Å². The van der Waals surface area contributed by atoms with Crippen LogP contribution >= 0.6 is 11.3 Å². The van der Waals surface area contributed by atoms with Crippen LogP contribution in [0.3, 0.4) is 0 Å². The van der Waals surface area contributed by atoms with Crippen LogP contribution in [-0.2, 0) is 5.41 Å². The van der Waals surface area contributed by atoms with Gasteiger partial charge in [0, 0.05) is 49.8 Å². The summed E-state index contributed by atoms with van der Waals surface area (Å²) in [6.45, 7) is 38.0. The van der Waals surface area contributed by atoms with Crippen LogP contribution in [0.15, 0.2) is 184 Å². The number of hydrogen-bond donors (Lipinski definition) is 2. The molecule has 7 aromatic carbocycles. The fraction of sp³-hybridized carbons (Fsp3) is 0.382. The normalized spacial score (nSPS) is 12.3. The average Bonchev–Trinajstić information content (AvgIpc) is 4.59. The second-order valence-corrected chi connectivity index (χ2v) is 20.6. The van der Waals surface area contributed by atoms with Crippen molar-refractivity contribution in [2.24, 2.45) is 0 Å². The van der Waals surface area contributed by atoms with E-state index in [2.05, 4.69) is 187 Å². The smallest absolute Gasteiger partial charge is 0.135 e. The number of H-pyrrole nitrogens is 1.